The third kappa shape index (κ3) is 3.73. The summed E-state index contributed by atoms with van der Waals surface area (Å²) in [7, 11) is 1.94. The number of amides is 2. The van der Waals surface area contributed by atoms with Crippen LogP contribution < -0.4 is 10.6 Å². The number of rotatable bonds is 3. The van der Waals surface area contributed by atoms with E-state index in [0.717, 1.165) is 25.2 Å². The Hall–Kier alpha value is -1.55. The van der Waals surface area contributed by atoms with E-state index in [1.807, 2.05) is 30.1 Å². The number of urea groups is 1. The maximum Gasteiger partial charge on any atom is 0.321 e. The molecule has 1 aromatic carbocycles. The Bertz CT molecular complexity index is 461. The second-order valence-electron chi connectivity index (χ2n) is 5.76. The molecule has 0 radical (unpaired) electrons. The predicted octanol–water partition coefficient (Wildman–Crippen LogP) is 3.23. The van der Waals surface area contributed by atoms with Crippen LogP contribution in [0.3, 0.4) is 0 Å². The molecule has 0 aromatic heterocycles. The first kappa shape index (κ1) is 14.9. The van der Waals surface area contributed by atoms with Crippen molar-refractivity contribution < 1.29 is 4.79 Å². The molecule has 1 saturated heterocycles. The third-order valence-electron chi connectivity index (χ3n) is 4.02. The standard InChI is InChI=1S/C16H25N3O/c1-12-6-5-9-19(11-12)16(20)18-15-8-4-7-14(10-15)13(2)17-3/h4,7-8,10,12-13,17H,5-6,9,11H2,1-3H3,(H,18,20). The Labute approximate surface area is 121 Å². The highest BCUT2D eigenvalue weighted by molar-refractivity contribution is 5.89. The average molecular weight is 275 g/mol. The quantitative estimate of drug-likeness (QED) is 0.889. The number of carbonyl (C=O) groups is 1. The summed E-state index contributed by atoms with van der Waals surface area (Å²) in [6.07, 6.45) is 2.32. The molecule has 1 aliphatic heterocycles. The van der Waals surface area contributed by atoms with Crippen LogP contribution in [0.4, 0.5) is 10.5 Å². The number of hydrogen-bond donors (Lipinski definition) is 2. The third-order valence-corrected chi connectivity index (χ3v) is 4.02. The van der Waals surface area contributed by atoms with Crippen molar-refractivity contribution in [1.29, 1.82) is 0 Å². The summed E-state index contributed by atoms with van der Waals surface area (Å²) in [6.45, 7) is 6.03. The molecule has 4 heteroatoms. The van der Waals surface area contributed by atoms with E-state index in [1.54, 1.807) is 0 Å². The molecule has 4 nitrogen and oxygen atoms in total. The van der Waals surface area contributed by atoms with Crippen molar-refractivity contribution in [2.45, 2.75) is 32.7 Å². The zero-order valence-electron chi connectivity index (χ0n) is 12.6. The Morgan fingerprint density at radius 3 is 2.95 bits per heavy atom. The summed E-state index contributed by atoms with van der Waals surface area (Å²) in [5, 5.41) is 6.22. The van der Waals surface area contributed by atoms with Gasteiger partial charge in [0.05, 0.1) is 0 Å². The monoisotopic (exact) mass is 275 g/mol. The van der Waals surface area contributed by atoms with E-state index < -0.39 is 0 Å². The van der Waals surface area contributed by atoms with Crippen LogP contribution in [0, 0.1) is 5.92 Å². The fraction of sp³-hybridized carbons (Fsp3) is 0.562. The van der Waals surface area contributed by atoms with Crippen molar-refractivity contribution >= 4 is 11.7 Å². The minimum Gasteiger partial charge on any atom is -0.324 e. The van der Waals surface area contributed by atoms with Crippen molar-refractivity contribution in [3.8, 4) is 0 Å². The normalized spacial score (nSPS) is 20.6. The zero-order valence-corrected chi connectivity index (χ0v) is 12.6. The van der Waals surface area contributed by atoms with E-state index >= 15 is 0 Å². The first-order valence-corrected chi connectivity index (χ1v) is 7.43. The van der Waals surface area contributed by atoms with Gasteiger partial charge in [-0.1, -0.05) is 19.1 Å². The highest BCUT2D eigenvalue weighted by Crippen LogP contribution is 2.19. The predicted molar refractivity (Wildman–Crippen MR) is 82.9 cm³/mol. The molecule has 0 spiro atoms. The molecule has 0 saturated carbocycles. The molecule has 1 fully saturated rings. The van der Waals surface area contributed by atoms with Gasteiger partial charge in [-0.3, -0.25) is 0 Å². The molecule has 20 heavy (non-hydrogen) atoms. The number of likely N-dealkylation sites (tertiary alicyclic amines) is 1. The maximum atomic E-state index is 12.3. The number of piperidine rings is 1. The second-order valence-corrected chi connectivity index (χ2v) is 5.76. The maximum absolute atomic E-state index is 12.3. The van der Waals surface area contributed by atoms with Gasteiger partial charge in [-0.15, -0.1) is 0 Å². The molecule has 110 valence electrons. The highest BCUT2D eigenvalue weighted by atomic mass is 16.2. The van der Waals surface area contributed by atoms with E-state index in [1.165, 1.54) is 12.0 Å². The van der Waals surface area contributed by atoms with Crippen LogP contribution in [0.2, 0.25) is 0 Å². The fourth-order valence-electron chi connectivity index (χ4n) is 2.63. The van der Waals surface area contributed by atoms with E-state index in [4.69, 9.17) is 0 Å². The van der Waals surface area contributed by atoms with E-state index in [-0.39, 0.29) is 12.1 Å². The molecule has 2 amide bonds. The SMILES string of the molecule is CNC(C)c1cccc(NC(=O)N2CCCC(C)C2)c1. The number of anilines is 1. The van der Waals surface area contributed by atoms with Crippen LogP contribution >= 0.6 is 0 Å². The minimum atomic E-state index is 0.0193. The lowest BCUT2D eigenvalue weighted by Crippen LogP contribution is -2.41. The van der Waals surface area contributed by atoms with Crippen molar-refractivity contribution in [2.75, 3.05) is 25.5 Å². The lowest BCUT2D eigenvalue weighted by atomic mass is 10.0. The Morgan fingerprint density at radius 1 is 1.45 bits per heavy atom. The van der Waals surface area contributed by atoms with Crippen molar-refractivity contribution in [3.05, 3.63) is 29.8 Å². The molecule has 0 bridgehead atoms. The van der Waals surface area contributed by atoms with Gasteiger partial charge in [0.2, 0.25) is 0 Å². The smallest absolute Gasteiger partial charge is 0.321 e. The molecule has 2 N–H and O–H groups in total. The lowest BCUT2D eigenvalue weighted by molar-refractivity contribution is 0.182. The van der Waals surface area contributed by atoms with Gasteiger partial charge in [-0.25, -0.2) is 4.79 Å². The first-order valence-electron chi connectivity index (χ1n) is 7.43. The van der Waals surface area contributed by atoms with E-state index in [9.17, 15) is 4.79 Å². The van der Waals surface area contributed by atoms with Crippen molar-refractivity contribution in [3.63, 3.8) is 0 Å². The second kappa shape index (κ2) is 6.75. The van der Waals surface area contributed by atoms with Crippen LogP contribution in [0.15, 0.2) is 24.3 Å². The molecular weight excluding hydrogens is 250 g/mol. The largest absolute Gasteiger partial charge is 0.324 e. The van der Waals surface area contributed by atoms with Crippen LogP contribution in [0.5, 0.6) is 0 Å². The topological polar surface area (TPSA) is 44.4 Å². The zero-order chi connectivity index (χ0) is 14.5. The number of carbonyl (C=O) groups excluding carboxylic acids is 1. The summed E-state index contributed by atoms with van der Waals surface area (Å²) in [5.41, 5.74) is 2.05. The number of nitrogens with one attached hydrogen (secondary N) is 2. The summed E-state index contributed by atoms with van der Waals surface area (Å²) >= 11 is 0. The number of benzene rings is 1. The molecule has 0 aliphatic carbocycles. The van der Waals surface area contributed by atoms with Gasteiger partial charge in [0.1, 0.15) is 0 Å². The van der Waals surface area contributed by atoms with E-state index in [2.05, 4.69) is 30.5 Å². The number of hydrogen-bond acceptors (Lipinski definition) is 2. The van der Waals surface area contributed by atoms with Gasteiger partial charge < -0.3 is 15.5 Å². The van der Waals surface area contributed by atoms with Crippen LogP contribution in [-0.4, -0.2) is 31.1 Å². The summed E-state index contributed by atoms with van der Waals surface area (Å²) in [4.78, 5) is 14.2. The molecule has 1 aromatic rings. The molecule has 2 rings (SSSR count). The Kier molecular flexibility index (Phi) is 5.01. The van der Waals surface area contributed by atoms with E-state index in [0.29, 0.717) is 5.92 Å². The summed E-state index contributed by atoms with van der Waals surface area (Å²) in [6, 6.07) is 8.33. The molecule has 2 atom stereocenters. The highest BCUT2D eigenvalue weighted by Gasteiger charge is 2.20. The van der Waals surface area contributed by atoms with Crippen molar-refractivity contribution in [1.82, 2.24) is 10.2 Å². The van der Waals surface area contributed by atoms with Gasteiger partial charge in [0, 0.05) is 24.8 Å². The fourth-order valence-corrected chi connectivity index (χ4v) is 2.63. The van der Waals surface area contributed by atoms with Gasteiger partial charge >= 0.3 is 6.03 Å². The minimum absolute atomic E-state index is 0.0193. The van der Waals surface area contributed by atoms with Crippen molar-refractivity contribution in [2.24, 2.45) is 5.92 Å². The summed E-state index contributed by atoms with van der Waals surface area (Å²) < 4.78 is 0. The van der Waals surface area contributed by atoms with Gasteiger partial charge in [0.15, 0.2) is 0 Å². The average Bonchev–Trinajstić information content (AvgIpc) is 2.46. The number of nitrogens with zero attached hydrogens (tertiary/aromatic N) is 1. The summed E-state index contributed by atoms with van der Waals surface area (Å²) in [5.74, 6) is 0.602. The van der Waals surface area contributed by atoms with Gasteiger partial charge in [-0.05, 0) is 50.4 Å². The Morgan fingerprint density at radius 2 is 2.25 bits per heavy atom. The Balaban J connectivity index is 2.00. The molecular formula is C16H25N3O. The first-order chi connectivity index (χ1) is 9.60. The van der Waals surface area contributed by atoms with Crippen LogP contribution in [0.1, 0.15) is 38.3 Å². The molecule has 1 heterocycles. The van der Waals surface area contributed by atoms with Gasteiger partial charge in [-0.2, -0.15) is 0 Å². The molecule has 2 unspecified atom stereocenters. The van der Waals surface area contributed by atoms with Gasteiger partial charge in [0.25, 0.3) is 0 Å². The molecule has 1 aliphatic rings. The van der Waals surface area contributed by atoms with Crippen LogP contribution in [0.25, 0.3) is 0 Å². The lowest BCUT2D eigenvalue weighted by Gasteiger charge is -2.31. The van der Waals surface area contributed by atoms with Crippen LogP contribution in [-0.2, 0) is 0 Å².